The first kappa shape index (κ1) is 18.6. The summed E-state index contributed by atoms with van der Waals surface area (Å²) in [4.78, 5) is 0. The van der Waals surface area contributed by atoms with Crippen molar-refractivity contribution < 1.29 is 9.84 Å². The number of rotatable bonds is 5. The Labute approximate surface area is 162 Å². The first-order valence-electron chi connectivity index (χ1n) is 8.51. The molecule has 0 aliphatic heterocycles. The van der Waals surface area contributed by atoms with Crippen LogP contribution in [0.2, 0.25) is 0 Å². The molecule has 7 heteroatoms. The van der Waals surface area contributed by atoms with Crippen molar-refractivity contribution in [3.8, 4) is 29.3 Å². The number of ether oxygens (including phenoxy) is 1. The van der Waals surface area contributed by atoms with E-state index in [1.807, 2.05) is 24.3 Å². The van der Waals surface area contributed by atoms with Gasteiger partial charge < -0.3 is 15.6 Å². The van der Waals surface area contributed by atoms with Gasteiger partial charge in [0.1, 0.15) is 29.2 Å². The van der Waals surface area contributed by atoms with Gasteiger partial charge >= 0.3 is 0 Å². The van der Waals surface area contributed by atoms with Gasteiger partial charge in [-0.05, 0) is 42.8 Å². The topological polar surface area (TPSA) is 121 Å². The van der Waals surface area contributed by atoms with Gasteiger partial charge in [-0.3, -0.25) is 0 Å². The van der Waals surface area contributed by atoms with E-state index in [0.717, 1.165) is 0 Å². The van der Waals surface area contributed by atoms with Gasteiger partial charge in [0.25, 0.3) is 0 Å². The molecule has 0 spiro atoms. The number of nitrogens with zero attached hydrogens (tertiary/aromatic N) is 4. The highest BCUT2D eigenvalue weighted by Crippen LogP contribution is 2.30. The van der Waals surface area contributed by atoms with Gasteiger partial charge in [0.2, 0.25) is 0 Å². The highest BCUT2D eigenvalue weighted by molar-refractivity contribution is 5.91. The van der Waals surface area contributed by atoms with E-state index in [4.69, 9.17) is 10.5 Å². The van der Waals surface area contributed by atoms with E-state index < -0.39 is 0 Å². The number of phenols is 1. The number of hydrogen-bond donors (Lipinski definition) is 2. The van der Waals surface area contributed by atoms with Crippen LogP contribution in [0.3, 0.4) is 0 Å². The van der Waals surface area contributed by atoms with Crippen molar-refractivity contribution in [1.29, 1.82) is 10.5 Å². The minimum Gasteiger partial charge on any atom is -0.504 e. The maximum atomic E-state index is 9.84. The van der Waals surface area contributed by atoms with Crippen molar-refractivity contribution in [2.45, 2.75) is 6.92 Å². The van der Waals surface area contributed by atoms with E-state index in [1.54, 1.807) is 37.3 Å². The lowest BCUT2D eigenvalue weighted by Crippen LogP contribution is -2.02. The van der Waals surface area contributed by atoms with Crippen LogP contribution in [-0.4, -0.2) is 21.5 Å². The molecule has 0 aliphatic carbocycles. The fourth-order valence-electron chi connectivity index (χ4n) is 2.71. The molecular formula is C21H17N5O2. The Hall–Kier alpha value is -4.23. The van der Waals surface area contributed by atoms with Crippen LogP contribution in [0.15, 0.2) is 48.5 Å². The molecule has 1 heterocycles. The molecular weight excluding hydrogens is 354 g/mol. The average Bonchev–Trinajstić information content (AvgIpc) is 3.05. The smallest absolute Gasteiger partial charge is 0.161 e. The Morgan fingerprint density at radius 3 is 2.64 bits per heavy atom. The molecule has 0 saturated carbocycles. The van der Waals surface area contributed by atoms with Crippen molar-refractivity contribution in [3.63, 3.8) is 0 Å². The maximum Gasteiger partial charge on any atom is 0.161 e. The second-order valence-corrected chi connectivity index (χ2v) is 5.80. The van der Waals surface area contributed by atoms with Crippen LogP contribution in [0.4, 0.5) is 5.82 Å². The molecule has 0 fully saturated rings. The minimum atomic E-state index is 0.00724. The number of benzene rings is 2. The third-order valence-electron chi connectivity index (χ3n) is 4.00. The third kappa shape index (κ3) is 3.50. The molecule has 2 aromatic carbocycles. The van der Waals surface area contributed by atoms with Gasteiger partial charge in [-0.15, -0.1) is 0 Å². The largest absolute Gasteiger partial charge is 0.504 e. The number of nitriles is 2. The van der Waals surface area contributed by atoms with E-state index >= 15 is 0 Å². The Morgan fingerprint density at radius 1 is 1.25 bits per heavy atom. The summed E-state index contributed by atoms with van der Waals surface area (Å²) in [7, 11) is 0. The molecule has 0 radical (unpaired) electrons. The van der Waals surface area contributed by atoms with Crippen LogP contribution in [0, 0.1) is 22.7 Å². The van der Waals surface area contributed by atoms with Crippen molar-refractivity contribution in [2.75, 3.05) is 12.3 Å². The molecule has 3 N–H and O–H groups in total. The summed E-state index contributed by atoms with van der Waals surface area (Å²) >= 11 is 0. The number of hydrogen-bond acceptors (Lipinski definition) is 6. The number of nitrogens with two attached hydrogens (primary N) is 1. The molecule has 3 aromatic rings. The van der Waals surface area contributed by atoms with E-state index in [2.05, 4.69) is 11.2 Å². The summed E-state index contributed by atoms with van der Waals surface area (Å²) in [6, 6.07) is 18.0. The van der Waals surface area contributed by atoms with Crippen molar-refractivity contribution in [3.05, 3.63) is 65.4 Å². The molecule has 1 aromatic heterocycles. The molecule has 0 saturated heterocycles. The molecule has 0 amide bonds. The molecule has 28 heavy (non-hydrogen) atoms. The second-order valence-electron chi connectivity index (χ2n) is 5.80. The lowest BCUT2D eigenvalue weighted by atomic mass is 10.1. The zero-order chi connectivity index (χ0) is 20.1. The van der Waals surface area contributed by atoms with E-state index in [-0.39, 0.29) is 28.4 Å². The Balaban J connectivity index is 2.11. The minimum absolute atomic E-state index is 0.00724. The first-order chi connectivity index (χ1) is 13.6. The molecule has 0 bridgehead atoms. The summed E-state index contributed by atoms with van der Waals surface area (Å²) in [6.45, 7) is 2.20. The zero-order valence-electron chi connectivity index (χ0n) is 15.1. The number of phenolic OH excluding ortho intramolecular Hbond substituents is 1. The molecule has 0 aliphatic rings. The molecule has 138 valence electrons. The Bertz CT molecular complexity index is 1120. The Morgan fingerprint density at radius 2 is 2.00 bits per heavy atom. The van der Waals surface area contributed by atoms with E-state index in [9.17, 15) is 15.6 Å². The SMILES string of the molecule is CCOc1cc(/C=C(\C#N)c2nn(-c3ccccc3)c(N)c2C#N)ccc1O. The number of para-hydroxylation sites is 1. The van der Waals surface area contributed by atoms with Crippen LogP contribution >= 0.6 is 0 Å². The highest BCUT2D eigenvalue weighted by atomic mass is 16.5. The van der Waals surface area contributed by atoms with Gasteiger partial charge in [0.05, 0.1) is 17.9 Å². The second kappa shape index (κ2) is 7.98. The molecule has 0 unspecified atom stereocenters. The Kier molecular flexibility index (Phi) is 5.29. The van der Waals surface area contributed by atoms with Crippen LogP contribution in [-0.2, 0) is 0 Å². The normalized spacial score (nSPS) is 10.9. The summed E-state index contributed by atoms with van der Waals surface area (Å²) in [5.41, 5.74) is 7.90. The number of allylic oxidation sites excluding steroid dienone is 1. The summed E-state index contributed by atoms with van der Waals surface area (Å²) < 4.78 is 6.80. The first-order valence-corrected chi connectivity index (χ1v) is 8.51. The van der Waals surface area contributed by atoms with Gasteiger partial charge in [0, 0.05) is 0 Å². The van der Waals surface area contributed by atoms with Gasteiger partial charge in [-0.2, -0.15) is 15.6 Å². The maximum absolute atomic E-state index is 9.84. The monoisotopic (exact) mass is 371 g/mol. The van der Waals surface area contributed by atoms with Crippen molar-refractivity contribution in [1.82, 2.24) is 9.78 Å². The predicted molar refractivity (Wildman–Crippen MR) is 105 cm³/mol. The van der Waals surface area contributed by atoms with Gasteiger partial charge in [-0.1, -0.05) is 24.3 Å². The lowest BCUT2D eigenvalue weighted by Gasteiger charge is -2.06. The highest BCUT2D eigenvalue weighted by Gasteiger charge is 2.20. The summed E-state index contributed by atoms with van der Waals surface area (Å²) in [5, 5.41) is 33.4. The predicted octanol–water partition coefficient (Wildman–Crippen LogP) is 3.49. The average molecular weight is 371 g/mol. The van der Waals surface area contributed by atoms with Crippen molar-refractivity contribution >= 4 is 17.5 Å². The van der Waals surface area contributed by atoms with Crippen molar-refractivity contribution in [2.24, 2.45) is 0 Å². The van der Waals surface area contributed by atoms with E-state index in [0.29, 0.717) is 23.6 Å². The van der Waals surface area contributed by atoms with Crippen LogP contribution in [0.5, 0.6) is 11.5 Å². The standard InChI is InChI=1S/C21H17N5O2/c1-2-28-19-11-14(8-9-18(19)27)10-15(12-22)20-17(13-23)21(24)26(25-20)16-6-4-3-5-7-16/h3-11,27H,2,24H2,1H3/b15-10+. The zero-order valence-corrected chi connectivity index (χ0v) is 15.1. The molecule has 7 nitrogen and oxygen atoms in total. The number of nitrogen functional groups attached to an aromatic ring is 1. The summed E-state index contributed by atoms with van der Waals surface area (Å²) in [5.74, 6) is 0.474. The van der Waals surface area contributed by atoms with Crippen LogP contribution in [0.1, 0.15) is 23.7 Å². The molecule has 3 rings (SSSR count). The quantitative estimate of drug-likeness (QED) is 0.662. The fourth-order valence-corrected chi connectivity index (χ4v) is 2.71. The summed E-state index contributed by atoms with van der Waals surface area (Å²) in [6.07, 6.45) is 1.57. The third-order valence-corrected chi connectivity index (χ3v) is 4.00. The van der Waals surface area contributed by atoms with E-state index in [1.165, 1.54) is 10.7 Å². The van der Waals surface area contributed by atoms with Gasteiger partial charge in [0.15, 0.2) is 11.5 Å². The molecule has 0 atom stereocenters. The fraction of sp³-hybridized carbons (Fsp3) is 0.0952. The number of anilines is 1. The number of aromatic hydroxyl groups is 1. The lowest BCUT2D eigenvalue weighted by molar-refractivity contribution is 0.318. The van der Waals surface area contributed by atoms with Crippen LogP contribution in [0.25, 0.3) is 17.3 Å². The van der Waals surface area contributed by atoms with Crippen LogP contribution < -0.4 is 10.5 Å². The number of aromatic nitrogens is 2. The van der Waals surface area contributed by atoms with Gasteiger partial charge in [-0.25, -0.2) is 4.68 Å².